The average molecular weight is 482 g/mol. The molecular weight excluding hydrogens is 457 g/mol. The number of aryl methyl sites for hydroxylation is 1. The molecule has 34 heavy (non-hydrogen) atoms. The van der Waals surface area contributed by atoms with Crippen molar-refractivity contribution in [3.05, 3.63) is 77.6 Å². The van der Waals surface area contributed by atoms with E-state index in [0.29, 0.717) is 36.0 Å². The number of amidine groups is 1. The van der Waals surface area contributed by atoms with Crippen LogP contribution in [0.5, 0.6) is 17.2 Å². The fourth-order valence-electron chi connectivity index (χ4n) is 4.12. The summed E-state index contributed by atoms with van der Waals surface area (Å²) in [5, 5.41) is 0. The molecule has 3 aromatic rings. The van der Waals surface area contributed by atoms with Gasteiger partial charge in [-0.1, -0.05) is 6.07 Å². The van der Waals surface area contributed by atoms with Crippen molar-refractivity contribution < 1.29 is 22.3 Å². The van der Waals surface area contributed by atoms with Gasteiger partial charge in [-0.2, -0.15) is 4.31 Å². The molecule has 0 bridgehead atoms. The van der Waals surface area contributed by atoms with Crippen molar-refractivity contribution in [2.24, 2.45) is 4.99 Å². The second kappa shape index (κ2) is 8.73. The zero-order chi connectivity index (χ0) is 23.9. The molecule has 3 aromatic carbocycles. The van der Waals surface area contributed by atoms with Crippen LogP contribution < -0.4 is 9.47 Å². The molecule has 2 aliphatic heterocycles. The van der Waals surface area contributed by atoms with Crippen molar-refractivity contribution in [3.8, 4) is 17.2 Å². The molecule has 0 aliphatic carbocycles. The summed E-state index contributed by atoms with van der Waals surface area (Å²) in [6, 6.07) is 16.4. The van der Waals surface area contributed by atoms with Crippen molar-refractivity contribution >= 4 is 21.5 Å². The number of halogens is 1. The van der Waals surface area contributed by atoms with Gasteiger partial charge in [0.1, 0.15) is 28.8 Å². The first-order chi connectivity index (χ1) is 16.3. The summed E-state index contributed by atoms with van der Waals surface area (Å²) in [4.78, 5) is 7.08. The first kappa shape index (κ1) is 22.4. The number of methoxy groups -OCH3 is 1. The maximum atomic E-state index is 13.3. The van der Waals surface area contributed by atoms with Crippen molar-refractivity contribution in [2.45, 2.75) is 11.8 Å². The second-order valence-electron chi connectivity index (χ2n) is 8.22. The Morgan fingerprint density at radius 1 is 0.941 bits per heavy atom. The van der Waals surface area contributed by atoms with Gasteiger partial charge in [-0.3, -0.25) is 0 Å². The molecule has 0 radical (unpaired) electrons. The fourth-order valence-corrected chi connectivity index (χ4v) is 5.55. The molecule has 0 spiro atoms. The maximum Gasteiger partial charge on any atom is 0.243 e. The molecule has 1 saturated heterocycles. The average Bonchev–Trinajstić information content (AvgIpc) is 3.00. The number of piperazine rings is 1. The standard InChI is InChI=1S/C25H24FN3O4S/c1-17-3-10-22-24(15-17)33-23-16-19(32-2)6-9-21(23)25(27-22)28-11-13-29(14-12-28)34(30,31)20-7-4-18(26)5-8-20/h3-10,15-16H,11-14H2,1-2H3. The number of benzene rings is 3. The van der Waals surface area contributed by atoms with Gasteiger partial charge >= 0.3 is 0 Å². The zero-order valence-electron chi connectivity index (χ0n) is 18.9. The van der Waals surface area contributed by atoms with Crippen LogP contribution in [-0.2, 0) is 10.0 Å². The van der Waals surface area contributed by atoms with Gasteiger partial charge in [0.25, 0.3) is 0 Å². The topological polar surface area (TPSA) is 71.4 Å². The van der Waals surface area contributed by atoms with Crippen LogP contribution in [0.3, 0.4) is 0 Å². The van der Waals surface area contributed by atoms with E-state index in [4.69, 9.17) is 14.5 Å². The van der Waals surface area contributed by atoms with E-state index >= 15 is 0 Å². The molecule has 1 fully saturated rings. The number of ether oxygens (including phenoxy) is 2. The lowest BCUT2D eigenvalue weighted by atomic mass is 10.1. The Morgan fingerprint density at radius 2 is 1.68 bits per heavy atom. The van der Waals surface area contributed by atoms with E-state index in [1.807, 2.05) is 43.3 Å². The number of aliphatic imine (C=N–C) groups is 1. The van der Waals surface area contributed by atoms with E-state index < -0.39 is 15.8 Å². The first-order valence-corrected chi connectivity index (χ1v) is 12.4. The lowest BCUT2D eigenvalue weighted by Crippen LogP contribution is -2.50. The molecule has 176 valence electrons. The van der Waals surface area contributed by atoms with Crippen LogP contribution in [-0.4, -0.2) is 56.7 Å². The minimum absolute atomic E-state index is 0.0873. The molecule has 0 amide bonds. The molecule has 2 heterocycles. The Morgan fingerprint density at radius 3 is 2.38 bits per heavy atom. The van der Waals surface area contributed by atoms with Gasteiger partial charge in [-0.05, 0) is 61.0 Å². The zero-order valence-corrected chi connectivity index (χ0v) is 19.7. The van der Waals surface area contributed by atoms with Crippen LogP contribution in [0.25, 0.3) is 0 Å². The molecule has 2 aliphatic rings. The van der Waals surface area contributed by atoms with Gasteiger partial charge in [0.15, 0.2) is 5.75 Å². The quantitative estimate of drug-likeness (QED) is 0.557. The fraction of sp³-hybridized carbons (Fsp3) is 0.240. The van der Waals surface area contributed by atoms with Crippen molar-refractivity contribution in [3.63, 3.8) is 0 Å². The Kier molecular flexibility index (Phi) is 5.75. The van der Waals surface area contributed by atoms with Gasteiger partial charge in [-0.15, -0.1) is 0 Å². The van der Waals surface area contributed by atoms with Crippen molar-refractivity contribution in [1.82, 2.24) is 9.21 Å². The minimum atomic E-state index is -3.70. The van der Waals surface area contributed by atoms with Crippen LogP contribution in [0.15, 0.2) is 70.6 Å². The lowest BCUT2D eigenvalue weighted by molar-refractivity contribution is 0.266. The number of nitrogens with zero attached hydrogens (tertiary/aromatic N) is 3. The monoisotopic (exact) mass is 481 g/mol. The van der Waals surface area contributed by atoms with E-state index in [9.17, 15) is 12.8 Å². The van der Waals surface area contributed by atoms with E-state index in [1.54, 1.807) is 7.11 Å². The van der Waals surface area contributed by atoms with Crippen LogP contribution in [0, 0.1) is 12.7 Å². The van der Waals surface area contributed by atoms with Crippen molar-refractivity contribution in [2.75, 3.05) is 33.3 Å². The molecule has 0 unspecified atom stereocenters. The highest BCUT2D eigenvalue weighted by atomic mass is 32.2. The van der Waals surface area contributed by atoms with Gasteiger partial charge in [-0.25, -0.2) is 17.8 Å². The van der Waals surface area contributed by atoms with Crippen LogP contribution in [0.1, 0.15) is 11.1 Å². The molecular formula is C25H24FN3O4S. The summed E-state index contributed by atoms with van der Waals surface area (Å²) in [6.45, 7) is 3.46. The molecule has 0 saturated carbocycles. The predicted octanol–water partition coefficient (Wildman–Crippen LogP) is 4.33. The Labute approximate surface area is 198 Å². The third-order valence-corrected chi connectivity index (χ3v) is 7.89. The predicted molar refractivity (Wildman–Crippen MR) is 127 cm³/mol. The first-order valence-electron chi connectivity index (χ1n) is 10.9. The molecule has 7 nitrogen and oxygen atoms in total. The van der Waals surface area contributed by atoms with E-state index in [-0.39, 0.29) is 18.0 Å². The van der Waals surface area contributed by atoms with Gasteiger partial charge in [0.05, 0.1) is 17.6 Å². The number of hydrogen-bond donors (Lipinski definition) is 0. The summed E-state index contributed by atoms with van der Waals surface area (Å²) in [6.07, 6.45) is 0. The molecule has 0 N–H and O–H groups in total. The van der Waals surface area contributed by atoms with Gasteiger partial charge < -0.3 is 14.4 Å². The number of fused-ring (bicyclic) bond motifs is 2. The Hall–Kier alpha value is -3.43. The van der Waals surface area contributed by atoms with Crippen molar-refractivity contribution in [1.29, 1.82) is 0 Å². The van der Waals surface area contributed by atoms with E-state index in [2.05, 4.69) is 4.90 Å². The maximum absolute atomic E-state index is 13.3. The number of rotatable bonds is 3. The number of hydrogen-bond acceptors (Lipinski definition) is 6. The summed E-state index contributed by atoms with van der Waals surface area (Å²) in [5.41, 5.74) is 2.57. The van der Waals surface area contributed by atoms with Crippen LogP contribution in [0.2, 0.25) is 0 Å². The molecule has 0 atom stereocenters. The highest BCUT2D eigenvalue weighted by molar-refractivity contribution is 7.89. The van der Waals surface area contributed by atoms with E-state index in [0.717, 1.165) is 29.1 Å². The van der Waals surface area contributed by atoms with Gasteiger partial charge in [0.2, 0.25) is 10.0 Å². The normalized spacial score (nSPS) is 16.1. The molecule has 5 rings (SSSR count). The smallest absolute Gasteiger partial charge is 0.243 e. The largest absolute Gasteiger partial charge is 0.497 e. The summed E-state index contributed by atoms with van der Waals surface area (Å²) >= 11 is 0. The SMILES string of the molecule is COc1ccc2c(c1)Oc1cc(C)ccc1N=C2N1CCN(S(=O)(=O)c2ccc(F)cc2)CC1. The highest BCUT2D eigenvalue weighted by Gasteiger charge is 2.31. The molecule has 9 heteroatoms. The minimum Gasteiger partial charge on any atom is -0.497 e. The number of sulfonamides is 1. The highest BCUT2D eigenvalue weighted by Crippen LogP contribution is 2.40. The molecule has 0 aromatic heterocycles. The lowest BCUT2D eigenvalue weighted by Gasteiger charge is -2.36. The van der Waals surface area contributed by atoms with Gasteiger partial charge in [0, 0.05) is 32.2 Å². The third-order valence-electron chi connectivity index (χ3n) is 5.98. The second-order valence-corrected chi connectivity index (χ2v) is 10.2. The van der Waals surface area contributed by atoms with Crippen LogP contribution >= 0.6 is 0 Å². The summed E-state index contributed by atoms with van der Waals surface area (Å²) < 4.78 is 52.3. The summed E-state index contributed by atoms with van der Waals surface area (Å²) in [5.74, 6) is 2.21. The third kappa shape index (κ3) is 4.12. The summed E-state index contributed by atoms with van der Waals surface area (Å²) in [7, 11) is -2.10. The van der Waals surface area contributed by atoms with E-state index in [1.165, 1.54) is 16.4 Å². The Balaban J connectivity index is 1.45. The van der Waals surface area contributed by atoms with Crippen LogP contribution in [0.4, 0.5) is 10.1 Å². The Bertz CT molecular complexity index is 1370.